The Bertz CT molecular complexity index is 189. The van der Waals surface area contributed by atoms with E-state index in [0.29, 0.717) is 30.5 Å². The van der Waals surface area contributed by atoms with Crippen molar-refractivity contribution in [1.82, 2.24) is 0 Å². The average molecular weight is 121 g/mol. The van der Waals surface area contributed by atoms with Gasteiger partial charge in [-0.1, -0.05) is 0 Å². The molecule has 9 heavy (non-hydrogen) atoms. The summed E-state index contributed by atoms with van der Waals surface area (Å²) < 4.78 is 0. The maximum absolute atomic E-state index is 10.6. The largest absolute Gasteiger partial charge is 0.300 e. The summed E-state index contributed by atoms with van der Waals surface area (Å²) in [6.07, 6.45) is 1.37. The topological polar surface area (TPSA) is 40.9 Å². The number of nitriles is 1. The third kappa shape index (κ3) is 0.519. The third-order valence-electron chi connectivity index (χ3n) is 2.41. The number of hydrogen-bond acceptors (Lipinski definition) is 2. The van der Waals surface area contributed by atoms with Crippen molar-refractivity contribution in [2.45, 2.75) is 12.8 Å². The molecule has 0 spiro atoms. The SMILES string of the molecule is N#C[C@@H]1[C@H]2CC(=O)C[C@@H]12. The molecule has 0 aromatic rings. The lowest BCUT2D eigenvalue weighted by Gasteiger charge is -1.88. The van der Waals surface area contributed by atoms with Gasteiger partial charge in [0, 0.05) is 12.8 Å². The summed E-state index contributed by atoms with van der Waals surface area (Å²) in [4.78, 5) is 10.6. The molecule has 0 bridgehead atoms. The van der Waals surface area contributed by atoms with Crippen molar-refractivity contribution < 1.29 is 4.79 Å². The zero-order chi connectivity index (χ0) is 6.43. The van der Waals surface area contributed by atoms with Gasteiger partial charge in [0.05, 0.1) is 12.0 Å². The van der Waals surface area contributed by atoms with Gasteiger partial charge < -0.3 is 0 Å². The number of fused-ring (bicyclic) bond motifs is 1. The van der Waals surface area contributed by atoms with Gasteiger partial charge in [-0.05, 0) is 11.8 Å². The molecule has 2 nitrogen and oxygen atoms in total. The van der Waals surface area contributed by atoms with Crippen LogP contribution in [-0.2, 0) is 4.79 Å². The predicted molar refractivity (Wildman–Crippen MR) is 30.3 cm³/mol. The highest BCUT2D eigenvalue weighted by atomic mass is 16.1. The van der Waals surface area contributed by atoms with Gasteiger partial charge in [0.2, 0.25) is 0 Å². The molecular formula is C7H7NO. The molecule has 2 saturated carbocycles. The summed E-state index contributed by atoms with van der Waals surface area (Å²) in [6.45, 7) is 0. The van der Waals surface area contributed by atoms with Crippen LogP contribution in [0.1, 0.15) is 12.8 Å². The Labute approximate surface area is 53.5 Å². The van der Waals surface area contributed by atoms with Crippen LogP contribution in [0.25, 0.3) is 0 Å². The third-order valence-corrected chi connectivity index (χ3v) is 2.41. The average Bonchev–Trinajstić information content (AvgIpc) is 2.30. The van der Waals surface area contributed by atoms with Gasteiger partial charge in [-0.2, -0.15) is 5.26 Å². The van der Waals surface area contributed by atoms with Crippen molar-refractivity contribution in [3.8, 4) is 6.07 Å². The second-order valence-electron chi connectivity index (χ2n) is 2.93. The molecule has 2 rings (SSSR count). The van der Waals surface area contributed by atoms with Crippen LogP contribution in [-0.4, -0.2) is 5.78 Å². The fourth-order valence-corrected chi connectivity index (χ4v) is 1.80. The number of rotatable bonds is 0. The van der Waals surface area contributed by atoms with E-state index in [-0.39, 0.29) is 5.92 Å². The summed E-state index contributed by atoms with van der Waals surface area (Å²) in [7, 11) is 0. The standard InChI is InChI=1S/C7H7NO/c8-3-7-5-1-4(9)2-6(5)7/h5-7H,1-2H2/t5-,6+,7+. The molecule has 46 valence electrons. The van der Waals surface area contributed by atoms with E-state index in [9.17, 15) is 4.79 Å². The maximum atomic E-state index is 10.6. The number of Topliss-reactive ketones (excluding diaryl/α,β-unsaturated/α-hetero) is 1. The summed E-state index contributed by atoms with van der Waals surface area (Å²) in [6, 6.07) is 2.21. The van der Waals surface area contributed by atoms with E-state index in [1.54, 1.807) is 0 Å². The molecule has 0 saturated heterocycles. The minimum absolute atomic E-state index is 0.239. The van der Waals surface area contributed by atoms with Gasteiger partial charge in [0.15, 0.2) is 0 Å². The molecule has 3 atom stereocenters. The summed E-state index contributed by atoms with van der Waals surface area (Å²) in [5, 5.41) is 8.44. The lowest BCUT2D eigenvalue weighted by atomic mass is 10.1. The van der Waals surface area contributed by atoms with E-state index in [1.165, 1.54) is 0 Å². The zero-order valence-corrected chi connectivity index (χ0v) is 5.00. The Kier molecular flexibility index (Phi) is 0.751. The van der Waals surface area contributed by atoms with Crippen LogP contribution in [0.3, 0.4) is 0 Å². The zero-order valence-electron chi connectivity index (χ0n) is 5.00. The summed E-state index contributed by atoms with van der Waals surface area (Å²) >= 11 is 0. The maximum Gasteiger partial charge on any atom is 0.133 e. The van der Waals surface area contributed by atoms with E-state index >= 15 is 0 Å². The Morgan fingerprint density at radius 2 is 2.00 bits per heavy atom. The van der Waals surface area contributed by atoms with Crippen LogP contribution in [0.5, 0.6) is 0 Å². The summed E-state index contributed by atoms with van der Waals surface area (Å²) in [5.41, 5.74) is 0. The minimum atomic E-state index is 0.239. The van der Waals surface area contributed by atoms with Gasteiger partial charge >= 0.3 is 0 Å². The Hall–Kier alpha value is -0.840. The Morgan fingerprint density at radius 3 is 2.44 bits per heavy atom. The van der Waals surface area contributed by atoms with E-state index in [2.05, 4.69) is 6.07 Å². The Balaban J connectivity index is 2.08. The lowest BCUT2D eigenvalue weighted by molar-refractivity contribution is -0.118. The number of ketones is 1. The van der Waals surface area contributed by atoms with Crippen LogP contribution in [0.4, 0.5) is 0 Å². The van der Waals surface area contributed by atoms with E-state index in [4.69, 9.17) is 5.26 Å². The van der Waals surface area contributed by atoms with Crippen molar-refractivity contribution in [2.24, 2.45) is 17.8 Å². The van der Waals surface area contributed by atoms with Crippen LogP contribution in [0.2, 0.25) is 0 Å². The highest BCUT2D eigenvalue weighted by molar-refractivity contribution is 5.83. The first-order chi connectivity index (χ1) is 4.33. The number of hydrogen-bond donors (Lipinski definition) is 0. The molecule has 0 aromatic carbocycles. The number of nitrogens with zero attached hydrogens (tertiary/aromatic N) is 1. The van der Waals surface area contributed by atoms with Crippen LogP contribution in [0.15, 0.2) is 0 Å². The predicted octanol–water partition coefficient (Wildman–Crippen LogP) is 0.735. The molecule has 0 unspecified atom stereocenters. The van der Waals surface area contributed by atoms with Crippen molar-refractivity contribution in [3.63, 3.8) is 0 Å². The molecule has 0 heterocycles. The smallest absolute Gasteiger partial charge is 0.133 e. The molecular weight excluding hydrogens is 114 g/mol. The highest BCUT2D eigenvalue weighted by Gasteiger charge is 2.56. The van der Waals surface area contributed by atoms with Crippen molar-refractivity contribution >= 4 is 5.78 Å². The van der Waals surface area contributed by atoms with Crippen LogP contribution in [0, 0.1) is 29.1 Å². The highest BCUT2D eigenvalue weighted by Crippen LogP contribution is 2.55. The van der Waals surface area contributed by atoms with Crippen LogP contribution >= 0.6 is 0 Å². The van der Waals surface area contributed by atoms with Gasteiger partial charge in [-0.3, -0.25) is 4.79 Å². The van der Waals surface area contributed by atoms with E-state index < -0.39 is 0 Å². The number of carbonyl (C=O) groups is 1. The second-order valence-corrected chi connectivity index (χ2v) is 2.93. The molecule has 2 aliphatic carbocycles. The van der Waals surface area contributed by atoms with Crippen molar-refractivity contribution in [1.29, 1.82) is 5.26 Å². The van der Waals surface area contributed by atoms with Gasteiger partial charge in [0.1, 0.15) is 5.78 Å². The quantitative estimate of drug-likeness (QED) is 0.474. The fraction of sp³-hybridized carbons (Fsp3) is 0.714. The van der Waals surface area contributed by atoms with Gasteiger partial charge in [-0.15, -0.1) is 0 Å². The van der Waals surface area contributed by atoms with Crippen LogP contribution < -0.4 is 0 Å². The molecule has 0 N–H and O–H groups in total. The first-order valence-corrected chi connectivity index (χ1v) is 3.24. The normalized spacial score (nSPS) is 46.1. The lowest BCUT2D eigenvalue weighted by Crippen LogP contribution is -1.95. The van der Waals surface area contributed by atoms with Gasteiger partial charge in [-0.25, -0.2) is 0 Å². The van der Waals surface area contributed by atoms with Gasteiger partial charge in [0.25, 0.3) is 0 Å². The molecule has 0 radical (unpaired) electrons. The first kappa shape index (κ1) is 4.99. The fourth-order valence-electron chi connectivity index (χ4n) is 1.80. The first-order valence-electron chi connectivity index (χ1n) is 3.24. The van der Waals surface area contributed by atoms with Crippen molar-refractivity contribution in [2.75, 3.05) is 0 Å². The molecule has 0 aromatic heterocycles. The second kappa shape index (κ2) is 1.36. The monoisotopic (exact) mass is 121 g/mol. The van der Waals surface area contributed by atoms with Crippen molar-refractivity contribution in [3.05, 3.63) is 0 Å². The number of carbonyl (C=O) groups excluding carboxylic acids is 1. The minimum Gasteiger partial charge on any atom is -0.300 e. The molecule has 0 amide bonds. The summed E-state index contributed by atoms with van der Waals surface area (Å²) in [5.74, 6) is 1.52. The Morgan fingerprint density at radius 1 is 1.44 bits per heavy atom. The molecule has 2 fully saturated rings. The van der Waals surface area contributed by atoms with E-state index in [0.717, 1.165) is 0 Å². The molecule has 2 heteroatoms. The van der Waals surface area contributed by atoms with E-state index in [1.807, 2.05) is 0 Å². The molecule has 0 aliphatic heterocycles. The molecule has 2 aliphatic rings.